The molecule has 4 saturated heterocycles. The van der Waals surface area contributed by atoms with Gasteiger partial charge in [-0.1, -0.05) is 110 Å². The number of nitrogens with two attached hydrogens (primary N) is 4. The van der Waals surface area contributed by atoms with Gasteiger partial charge in [0.15, 0.2) is 46.0 Å². The van der Waals surface area contributed by atoms with Crippen LogP contribution in [0.4, 0.5) is 0 Å². The number of hydrogen-bond donors (Lipinski definition) is 4. The van der Waals surface area contributed by atoms with E-state index in [2.05, 4.69) is 0 Å². The van der Waals surface area contributed by atoms with Crippen molar-refractivity contribution >= 4 is 23.9 Å². The van der Waals surface area contributed by atoms with Crippen LogP contribution in [0, 0.1) is 70.8 Å². The molecule has 8 N–H and O–H groups in total. The Morgan fingerprint density at radius 3 is 0.725 bits per heavy atom. The maximum absolute atomic E-state index is 13.7. The summed E-state index contributed by atoms with van der Waals surface area (Å²) in [7, 11) is -7.16. The van der Waals surface area contributed by atoms with E-state index in [1.807, 2.05) is 0 Å². The number of esters is 4. The van der Waals surface area contributed by atoms with E-state index in [-0.39, 0.29) is 102 Å². The minimum absolute atomic E-state index is 0.0114. The van der Waals surface area contributed by atoms with Gasteiger partial charge in [0.2, 0.25) is 0 Å². The van der Waals surface area contributed by atoms with Gasteiger partial charge in [-0.05, 0) is 192 Å². The molecule has 24 heteroatoms. The van der Waals surface area contributed by atoms with E-state index in [1.165, 1.54) is 87.1 Å². The Labute approximate surface area is 814 Å². The average molecular weight is 1740 g/mol. The third-order valence-electron chi connectivity index (χ3n) is 19.5. The van der Waals surface area contributed by atoms with Crippen LogP contribution in [0.25, 0.3) is 0 Å². The normalized spacial score (nSPS) is 44.2. The molecule has 120 heavy (non-hydrogen) atoms. The highest BCUT2D eigenvalue weighted by atomic mass is 16.6. The first-order chi connectivity index (χ1) is 83.1. The van der Waals surface area contributed by atoms with Crippen LogP contribution in [0.15, 0.2) is 48.5 Å². The van der Waals surface area contributed by atoms with Crippen LogP contribution in [-0.2, 0) is 63.8 Å². The molecule has 0 saturated carbocycles. The molecule has 0 aliphatic carbocycles. The molecule has 0 aromatic heterocycles. The van der Waals surface area contributed by atoms with E-state index in [0.717, 1.165) is 44.9 Å². The fourth-order valence-corrected chi connectivity index (χ4v) is 13.9. The van der Waals surface area contributed by atoms with Crippen LogP contribution in [0.2, 0.25) is 0 Å². The van der Waals surface area contributed by atoms with Crippen molar-refractivity contribution in [2.24, 2.45) is 93.8 Å². The van der Waals surface area contributed by atoms with Crippen LogP contribution in [0.3, 0.4) is 0 Å². The molecule has 12 unspecified atom stereocenters. The predicted molar refractivity (Wildman–Crippen MR) is 471 cm³/mol. The van der Waals surface area contributed by atoms with Gasteiger partial charge in [-0.15, -0.1) is 0 Å². The Morgan fingerprint density at radius 1 is 0.350 bits per heavy atom. The lowest BCUT2D eigenvalue weighted by atomic mass is 9.79. The molecule has 4 aromatic carbocycles. The molecule has 12 rings (SSSR count). The molecule has 4 fully saturated rings. The molecule has 672 valence electrons. The number of piperidine rings is 4. The number of ether oxygens (including phenoxy) is 12. The number of carbonyl (C=O) groups excluding carboxylic acids is 4. The van der Waals surface area contributed by atoms with Gasteiger partial charge in [0.1, 0.15) is 48.4 Å². The fraction of sp³-hybridized carbons (Fsp3) is 0.708. The third kappa shape index (κ3) is 23.8. The van der Waals surface area contributed by atoms with Crippen molar-refractivity contribution in [3.05, 3.63) is 93.0 Å². The van der Waals surface area contributed by atoms with E-state index >= 15 is 0 Å². The number of fused-ring (bicyclic) bond motifs is 12. The third-order valence-corrected chi connectivity index (χ3v) is 19.5. The zero-order valence-electron chi connectivity index (χ0n) is 136. The first-order valence-corrected chi connectivity index (χ1v) is 37.9. The molecular formula is C96H152N8O16. The molecule has 0 amide bonds. The Kier molecular flexibility index (Phi) is 14.5. The molecule has 0 radical (unpaired) electrons. The van der Waals surface area contributed by atoms with E-state index < -0.39 is 351 Å². The number of nitrogens with zero attached hydrogens (tertiary/aromatic N) is 4. The topological polar surface area (TPSA) is 296 Å². The zero-order chi connectivity index (χ0) is 147. The highest BCUT2D eigenvalue weighted by molar-refractivity contribution is 5.77. The summed E-state index contributed by atoms with van der Waals surface area (Å²) >= 11 is 0. The van der Waals surface area contributed by atoms with Gasteiger partial charge in [0.25, 0.3) is 0 Å². The molecular weight excluding hydrogens is 1520 g/mol. The predicted octanol–water partition coefficient (Wildman–Crippen LogP) is 14.3. The van der Waals surface area contributed by atoms with Gasteiger partial charge < -0.3 is 79.8 Å². The summed E-state index contributed by atoms with van der Waals surface area (Å²) in [4.78, 5) is 58.6. The van der Waals surface area contributed by atoms with Crippen molar-refractivity contribution in [1.29, 1.82) is 0 Å². The Hall–Kier alpha value is -7.16. The summed E-state index contributed by atoms with van der Waals surface area (Å²) in [6.45, 7) is -32.4. The lowest BCUT2D eigenvalue weighted by Gasteiger charge is -2.47. The minimum Gasteiger partial charge on any atom is -0.493 e. The highest BCUT2D eigenvalue weighted by Gasteiger charge is 2.47. The second-order valence-electron chi connectivity index (χ2n) is 30.0. The summed E-state index contributed by atoms with van der Waals surface area (Å²) < 4.78 is 626. The van der Waals surface area contributed by atoms with Crippen LogP contribution in [-0.4, -0.2) is 201 Å². The molecule has 0 bridgehead atoms. The van der Waals surface area contributed by atoms with E-state index in [4.69, 9.17) is 151 Å². The van der Waals surface area contributed by atoms with Gasteiger partial charge in [-0.25, -0.2) is 0 Å². The maximum atomic E-state index is 13.7. The Morgan fingerprint density at radius 2 is 0.542 bits per heavy atom. The van der Waals surface area contributed by atoms with Gasteiger partial charge in [-0.3, -0.25) is 38.8 Å². The lowest BCUT2D eigenvalue weighted by Crippen LogP contribution is -2.51. The van der Waals surface area contributed by atoms with Crippen molar-refractivity contribution < 1.29 is 169 Å². The SMILES string of the molecule is [2H]C([2H])([2H])C([2H])(C([2H])([2H])[2H])[C@]([2H])(N)C(=O)OC1([2H])C([2H])([2H])C2c3cc(OC)c(OC)cc3CCN2C([2H])([2H])C1([2H])CC(C)C.[2H]C([2H])([2H])Oc1cc2c(cc1OC([2H])([2H])[2H])C1N(CC2)C([2H])([2H])C([2H])(CC(C)C)C([2H])(OC(=O)[C@@]([2H])(N)C([2H])(C([2H])([2H])[2H])C([2H])([2H])[2H])C1([2H])[2H].[2H]C([2H])([2H])Oc1cc2c(cc1OC)C1N(CC2)C([2H])([2H])C([2H])(CC(C)C)C([2H])(OC(=O)[C@@]([2H])(N)C([2H])(C([2H])([2H])[2H])C([2H])([2H])[2H])C1([2H])[2H].[2H]C([2H])([2H])Oc1cc2c(cc1OC)CCN1C2C([2H])([2H])C([2H])(OC(=O)[C@@]([2H])(N)C([2H])(C([2H])([2H])[2H])C([2H])([2H])[2H])C([2H])(CC(C)C)C1([2H])[2H]. The molecule has 4 aromatic rings. The van der Waals surface area contributed by atoms with E-state index in [0.29, 0.717) is 16.9 Å². The second-order valence-corrected chi connectivity index (χ2v) is 30.0. The first kappa shape index (κ1) is 39.6. The van der Waals surface area contributed by atoms with Crippen molar-refractivity contribution in [1.82, 2.24) is 19.6 Å². The maximum Gasteiger partial charge on any atom is 0.323 e. The molecule has 8 heterocycles. The quantitative estimate of drug-likeness (QED) is 0.0303. The van der Waals surface area contributed by atoms with Gasteiger partial charge >= 0.3 is 23.9 Å². The van der Waals surface area contributed by atoms with Crippen molar-refractivity contribution in [3.63, 3.8) is 0 Å². The lowest BCUT2D eigenvalue weighted by molar-refractivity contribution is -0.161. The summed E-state index contributed by atoms with van der Waals surface area (Å²) in [6.07, 6.45) is -30.7. The molecule has 16 atom stereocenters. The van der Waals surface area contributed by atoms with Crippen LogP contribution in [0.5, 0.6) is 46.0 Å². The standard InChI is InChI=1S/4C24H38N2O4/c4*1-14(2)9-17-13-26-8-7-16-10-21(28-5)22(29-6)11-18(16)19(26)12-20(17)30-24(27)23(25)15(3)4/h4*10-11,14-15,17,19-20,23H,7-9,12-13,25H2,1-6H3/t4*17?,19?,20?,23-/m0000/s1/i3D3,4D3,5D3,6D3,12D2,13D2,15D,17D,20D,23D;3D3,4D3,6D3,12D2,13D2,15D,17D,20D,23D;3D3,4D3,5D3,12D2,13D2,15D,17D,20D,23D;3D3,4D3,12D2,13D2,15D,17D,20D,23D. The summed E-state index contributed by atoms with van der Waals surface area (Å²) in [5.74, 6) is -42.4. The van der Waals surface area contributed by atoms with Crippen LogP contribution in [0.1, 0.15) is 323 Å². The first-order valence-electron chi connectivity index (χ1n) is 71.9. The number of rotatable bonds is 28. The second kappa shape index (κ2) is 43.9. The van der Waals surface area contributed by atoms with Crippen LogP contribution < -0.4 is 60.8 Å². The highest BCUT2D eigenvalue weighted by Crippen LogP contribution is 2.50. The van der Waals surface area contributed by atoms with Gasteiger partial charge in [0, 0.05) is 191 Å². The number of methoxy groups -OCH3 is 8. The number of benzene rings is 4. The van der Waals surface area contributed by atoms with Crippen LogP contribution >= 0.6 is 0 Å². The number of carbonyl (C=O) groups is 4. The van der Waals surface area contributed by atoms with Crippen molar-refractivity contribution in [3.8, 4) is 46.0 Å². The largest absolute Gasteiger partial charge is 0.493 e. The molecule has 8 aliphatic rings. The Balaban J connectivity index is 0.000000273. The van der Waals surface area contributed by atoms with Gasteiger partial charge in [-0.2, -0.15) is 0 Å². The van der Waals surface area contributed by atoms with Crippen molar-refractivity contribution in [2.75, 3.05) is 109 Å². The molecule has 8 aliphatic heterocycles. The van der Waals surface area contributed by atoms with Crippen molar-refractivity contribution in [2.45, 2.75) is 260 Å². The minimum atomic E-state index is -4.15. The summed E-state index contributed by atoms with van der Waals surface area (Å²) in [5.41, 5.74) is 23.5. The van der Waals surface area contributed by atoms with Gasteiger partial charge in [0.05, 0.1) is 84.0 Å². The zero-order valence-corrected chi connectivity index (χ0v) is 68.4. The molecule has 0 spiro atoms. The fourth-order valence-electron chi connectivity index (χ4n) is 13.9. The summed E-state index contributed by atoms with van der Waals surface area (Å²) in [6, 6.07) is -14.0. The van der Waals surface area contributed by atoms with E-state index in [1.54, 1.807) is 19.9 Å². The number of hydrogen-bond acceptors (Lipinski definition) is 24. The van der Waals surface area contributed by atoms with E-state index in [9.17, 15) is 41.1 Å². The Bertz CT molecular complexity index is 7090. The smallest absolute Gasteiger partial charge is 0.323 e. The molecule has 24 nitrogen and oxygen atoms in total. The average Bonchev–Trinajstić information content (AvgIpc) is 0.672. The summed E-state index contributed by atoms with van der Waals surface area (Å²) in [5, 5.41) is 0. The monoisotopic (exact) mass is 1740 g/mol.